The number of hydrogen-bond acceptors (Lipinski definition) is 2. The molecule has 2 bridgehead atoms. The van der Waals surface area contributed by atoms with Crippen molar-refractivity contribution in [3.05, 3.63) is 0 Å². The Labute approximate surface area is 118 Å². The van der Waals surface area contributed by atoms with Gasteiger partial charge in [-0.2, -0.15) is 0 Å². The fourth-order valence-electron chi connectivity index (χ4n) is 4.73. The molecule has 2 nitrogen and oxygen atoms in total. The van der Waals surface area contributed by atoms with Gasteiger partial charge in [-0.25, -0.2) is 0 Å². The van der Waals surface area contributed by atoms with Crippen LogP contribution in [-0.2, 0) is 9.31 Å². The van der Waals surface area contributed by atoms with Crippen molar-refractivity contribution in [3.63, 3.8) is 0 Å². The van der Waals surface area contributed by atoms with Gasteiger partial charge in [0.2, 0.25) is 0 Å². The van der Waals surface area contributed by atoms with Crippen LogP contribution in [0.3, 0.4) is 0 Å². The molecule has 108 valence electrons. The van der Waals surface area contributed by atoms with E-state index in [1.807, 2.05) is 0 Å². The van der Waals surface area contributed by atoms with E-state index in [0.29, 0.717) is 5.41 Å². The lowest BCUT2D eigenvalue weighted by Gasteiger charge is -2.38. The molecular weight excluding hydrogens is 235 g/mol. The third kappa shape index (κ3) is 2.00. The summed E-state index contributed by atoms with van der Waals surface area (Å²) in [5, 5.41) is 0. The monoisotopic (exact) mass is 264 g/mol. The van der Waals surface area contributed by atoms with Gasteiger partial charge in [-0.15, -0.1) is 0 Å². The molecule has 2 saturated carbocycles. The maximum atomic E-state index is 6.20. The van der Waals surface area contributed by atoms with Crippen molar-refractivity contribution in [1.29, 1.82) is 0 Å². The Kier molecular flexibility index (Phi) is 2.94. The summed E-state index contributed by atoms with van der Waals surface area (Å²) in [4.78, 5) is 0. The maximum Gasteiger partial charge on any atom is 0.458 e. The highest BCUT2D eigenvalue weighted by molar-refractivity contribution is 6.45. The zero-order valence-corrected chi connectivity index (χ0v) is 13.5. The Morgan fingerprint density at radius 2 is 1.53 bits per heavy atom. The zero-order chi connectivity index (χ0) is 14.1. The SMILES string of the molecule is CC1(C)[C@H]2CC[C@@H](C2)[C@@H]1CB1OC(C)(C)C(C)(C)O1. The van der Waals surface area contributed by atoms with E-state index in [1.165, 1.54) is 19.3 Å². The second kappa shape index (κ2) is 4.01. The maximum absolute atomic E-state index is 6.20. The Morgan fingerprint density at radius 1 is 0.947 bits per heavy atom. The van der Waals surface area contributed by atoms with Crippen molar-refractivity contribution in [2.45, 2.75) is 78.3 Å². The first-order valence-electron chi connectivity index (χ1n) is 7.99. The van der Waals surface area contributed by atoms with E-state index < -0.39 is 0 Å². The quantitative estimate of drug-likeness (QED) is 0.697. The van der Waals surface area contributed by atoms with E-state index >= 15 is 0 Å². The lowest BCUT2D eigenvalue weighted by Crippen LogP contribution is -2.41. The van der Waals surface area contributed by atoms with Gasteiger partial charge >= 0.3 is 7.12 Å². The lowest BCUT2D eigenvalue weighted by molar-refractivity contribution is 0.00578. The zero-order valence-electron chi connectivity index (χ0n) is 13.5. The minimum atomic E-state index is -0.181. The molecule has 2 aliphatic carbocycles. The van der Waals surface area contributed by atoms with Gasteiger partial charge in [0.25, 0.3) is 0 Å². The van der Waals surface area contributed by atoms with Crippen LogP contribution in [0.1, 0.15) is 60.8 Å². The molecule has 1 aliphatic heterocycles. The third-order valence-corrected chi connectivity index (χ3v) is 6.80. The van der Waals surface area contributed by atoms with Gasteiger partial charge in [0, 0.05) is 0 Å². The third-order valence-electron chi connectivity index (χ3n) is 6.80. The van der Waals surface area contributed by atoms with Crippen LogP contribution in [0.5, 0.6) is 0 Å². The topological polar surface area (TPSA) is 18.5 Å². The summed E-state index contributed by atoms with van der Waals surface area (Å²) in [7, 11) is -0.00590. The molecule has 1 heterocycles. The van der Waals surface area contributed by atoms with Crippen LogP contribution in [0.15, 0.2) is 0 Å². The van der Waals surface area contributed by atoms with Crippen molar-refractivity contribution in [2.75, 3.05) is 0 Å². The molecule has 0 amide bonds. The van der Waals surface area contributed by atoms with Crippen LogP contribution in [0.4, 0.5) is 0 Å². The minimum Gasteiger partial charge on any atom is -0.403 e. The van der Waals surface area contributed by atoms with Crippen molar-refractivity contribution in [3.8, 4) is 0 Å². The normalized spacial score (nSPS) is 42.0. The lowest BCUT2D eigenvalue weighted by atomic mass is 9.61. The molecule has 0 spiro atoms. The molecular formula is C16H29BO2. The smallest absolute Gasteiger partial charge is 0.403 e. The van der Waals surface area contributed by atoms with Crippen LogP contribution in [0.25, 0.3) is 0 Å². The van der Waals surface area contributed by atoms with Gasteiger partial charge in [0.15, 0.2) is 0 Å². The van der Waals surface area contributed by atoms with Crippen LogP contribution in [0, 0.1) is 23.2 Å². The fourth-order valence-corrected chi connectivity index (χ4v) is 4.73. The summed E-state index contributed by atoms with van der Waals surface area (Å²) in [6.45, 7) is 13.5. The fraction of sp³-hybridized carbons (Fsp3) is 1.00. The molecule has 3 aliphatic rings. The van der Waals surface area contributed by atoms with Crippen molar-refractivity contribution >= 4 is 7.12 Å². The molecule has 0 radical (unpaired) electrons. The molecule has 3 atom stereocenters. The molecule has 3 fully saturated rings. The van der Waals surface area contributed by atoms with Gasteiger partial charge < -0.3 is 9.31 Å². The second-order valence-electron chi connectivity index (χ2n) is 8.62. The Morgan fingerprint density at radius 3 is 2.00 bits per heavy atom. The number of rotatable bonds is 2. The van der Waals surface area contributed by atoms with Gasteiger partial charge in [0.05, 0.1) is 11.2 Å². The summed E-state index contributed by atoms with van der Waals surface area (Å²) in [5.41, 5.74) is 0.116. The highest BCUT2D eigenvalue weighted by atomic mass is 16.7. The molecule has 3 heteroatoms. The Hall–Kier alpha value is -0.0151. The first-order valence-corrected chi connectivity index (χ1v) is 7.99. The average molecular weight is 264 g/mol. The highest BCUT2D eigenvalue weighted by Crippen LogP contribution is 2.61. The predicted octanol–water partition coefficient (Wildman–Crippen LogP) is 4.15. The van der Waals surface area contributed by atoms with E-state index in [4.69, 9.17) is 9.31 Å². The average Bonchev–Trinajstić information content (AvgIpc) is 2.84. The highest BCUT2D eigenvalue weighted by Gasteiger charge is 2.57. The van der Waals surface area contributed by atoms with Crippen LogP contribution < -0.4 is 0 Å². The van der Waals surface area contributed by atoms with E-state index in [9.17, 15) is 0 Å². The summed E-state index contributed by atoms with van der Waals surface area (Å²) in [6.07, 6.45) is 5.40. The number of fused-ring (bicyclic) bond motifs is 2. The van der Waals surface area contributed by atoms with E-state index in [2.05, 4.69) is 41.5 Å². The number of hydrogen-bond donors (Lipinski definition) is 0. The molecule has 0 aromatic heterocycles. The first kappa shape index (κ1) is 13.9. The predicted molar refractivity (Wildman–Crippen MR) is 79.0 cm³/mol. The largest absolute Gasteiger partial charge is 0.458 e. The van der Waals surface area contributed by atoms with Crippen molar-refractivity contribution < 1.29 is 9.31 Å². The molecule has 19 heavy (non-hydrogen) atoms. The Bertz CT molecular complexity index is 359. The molecule has 1 saturated heterocycles. The summed E-state index contributed by atoms with van der Waals surface area (Å²) in [6, 6.07) is 0. The van der Waals surface area contributed by atoms with Gasteiger partial charge in [-0.3, -0.25) is 0 Å². The molecule has 0 aromatic rings. The summed E-state index contributed by atoms with van der Waals surface area (Å²) >= 11 is 0. The van der Waals surface area contributed by atoms with Gasteiger partial charge in [0.1, 0.15) is 0 Å². The summed E-state index contributed by atoms with van der Waals surface area (Å²) in [5.74, 6) is 2.63. The summed E-state index contributed by atoms with van der Waals surface area (Å²) < 4.78 is 12.4. The van der Waals surface area contributed by atoms with E-state index in [0.717, 1.165) is 24.1 Å². The van der Waals surface area contributed by atoms with Crippen molar-refractivity contribution in [2.24, 2.45) is 23.2 Å². The molecule has 0 aromatic carbocycles. The van der Waals surface area contributed by atoms with Crippen molar-refractivity contribution in [1.82, 2.24) is 0 Å². The van der Waals surface area contributed by atoms with Crippen LogP contribution >= 0.6 is 0 Å². The Balaban J connectivity index is 1.71. The van der Waals surface area contributed by atoms with Crippen LogP contribution in [-0.4, -0.2) is 18.3 Å². The van der Waals surface area contributed by atoms with Gasteiger partial charge in [-0.05, 0) is 76.4 Å². The molecule has 0 N–H and O–H groups in total. The van der Waals surface area contributed by atoms with Gasteiger partial charge in [-0.1, -0.05) is 13.8 Å². The van der Waals surface area contributed by atoms with E-state index in [-0.39, 0.29) is 18.3 Å². The minimum absolute atomic E-state index is 0.00590. The first-order chi connectivity index (χ1) is 8.63. The van der Waals surface area contributed by atoms with E-state index in [1.54, 1.807) is 0 Å². The molecule has 0 unspecified atom stereocenters. The standard InChI is InChI=1S/C16H29BO2/c1-14(2)12-8-7-11(9-12)13(14)10-17-18-15(3,4)16(5,6)19-17/h11-13H,7-10H2,1-6H3/t11-,12-,13-/m0/s1. The van der Waals surface area contributed by atoms with Crippen LogP contribution in [0.2, 0.25) is 6.32 Å². The molecule has 3 rings (SSSR count). The second-order valence-corrected chi connectivity index (χ2v) is 8.62.